The molecule has 0 heterocycles. The van der Waals surface area contributed by atoms with Crippen molar-refractivity contribution in [3.05, 3.63) is 69.8 Å². The van der Waals surface area contributed by atoms with Crippen LogP contribution in [0.1, 0.15) is 15.9 Å². The molecule has 0 aromatic heterocycles. The maximum Gasteiger partial charge on any atom is 0.270 e. The van der Waals surface area contributed by atoms with Gasteiger partial charge in [-0.05, 0) is 23.8 Å². The number of carbonyl (C=O) groups is 1. The Morgan fingerprint density at radius 1 is 1.20 bits per heavy atom. The summed E-state index contributed by atoms with van der Waals surface area (Å²) in [5.41, 5.74) is 1.67. The molecule has 0 spiro atoms. The summed E-state index contributed by atoms with van der Waals surface area (Å²) >= 11 is 5.68. The number of nitrogens with one attached hydrogen (secondary N) is 1. The van der Waals surface area contributed by atoms with Crippen LogP contribution in [0.3, 0.4) is 0 Å². The third kappa shape index (κ3) is 3.33. The van der Waals surface area contributed by atoms with Crippen LogP contribution in [0, 0.1) is 10.1 Å². The van der Waals surface area contributed by atoms with Crippen molar-refractivity contribution in [2.45, 2.75) is 5.88 Å². The van der Waals surface area contributed by atoms with Gasteiger partial charge < -0.3 is 5.32 Å². The van der Waals surface area contributed by atoms with Crippen LogP contribution in [0.15, 0.2) is 48.5 Å². The molecule has 0 bridgehead atoms. The number of nitro groups is 1. The van der Waals surface area contributed by atoms with Crippen LogP contribution < -0.4 is 5.32 Å². The fourth-order valence-corrected chi connectivity index (χ4v) is 1.82. The van der Waals surface area contributed by atoms with Crippen molar-refractivity contribution in [3.8, 4) is 0 Å². The normalized spacial score (nSPS) is 10.1. The molecule has 0 aliphatic heterocycles. The fraction of sp³-hybridized carbons (Fsp3) is 0.0714. The molecule has 1 amide bonds. The Morgan fingerprint density at radius 2 is 1.90 bits per heavy atom. The zero-order valence-electron chi connectivity index (χ0n) is 10.4. The number of anilines is 1. The number of alkyl halides is 1. The number of nitrogens with zero attached hydrogens (tertiary/aromatic N) is 1. The molecule has 2 aromatic rings. The second-order valence-electron chi connectivity index (χ2n) is 4.09. The van der Waals surface area contributed by atoms with Crippen LogP contribution in [-0.4, -0.2) is 10.8 Å². The third-order valence-corrected chi connectivity index (χ3v) is 2.99. The van der Waals surface area contributed by atoms with Gasteiger partial charge in [0.05, 0.1) is 4.92 Å². The van der Waals surface area contributed by atoms with E-state index in [-0.39, 0.29) is 11.3 Å². The Hall–Kier alpha value is -2.40. The molecule has 2 rings (SSSR count). The van der Waals surface area contributed by atoms with Crippen LogP contribution in [0.2, 0.25) is 0 Å². The smallest absolute Gasteiger partial charge is 0.270 e. The minimum absolute atomic E-state index is 0.116. The highest BCUT2D eigenvalue weighted by atomic mass is 35.5. The minimum Gasteiger partial charge on any atom is -0.322 e. The Kier molecular flexibility index (Phi) is 4.32. The molecule has 5 nitrogen and oxygen atoms in total. The van der Waals surface area contributed by atoms with Crippen LogP contribution in [-0.2, 0) is 5.88 Å². The number of amides is 1. The highest BCUT2D eigenvalue weighted by molar-refractivity contribution is 6.17. The van der Waals surface area contributed by atoms with Gasteiger partial charge >= 0.3 is 0 Å². The summed E-state index contributed by atoms with van der Waals surface area (Å²) in [6.45, 7) is 0. The number of non-ortho nitro benzene ring substituents is 1. The molecule has 2 aromatic carbocycles. The van der Waals surface area contributed by atoms with Crippen LogP contribution in [0.5, 0.6) is 0 Å². The van der Waals surface area contributed by atoms with Gasteiger partial charge in [0.2, 0.25) is 0 Å². The predicted molar refractivity (Wildman–Crippen MR) is 77.0 cm³/mol. The lowest BCUT2D eigenvalue weighted by Crippen LogP contribution is -2.12. The van der Waals surface area contributed by atoms with Gasteiger partial charge in [-0.15, -0.1) is 11.6 Å². The van der Waals surface area contributed by atoms with Gasteiger partial charge in [-0.2, -0.15) is 0 Å². The maximum atomic E-state index is 12.0. The van der Waals surface area contributed by atoms with Crippen LogP contribution >= 0.6 is 11.6 Å². The highest BCUT2D eigenvalue weighted by Crippen LogP contribution is 2.16. The average Bonchev–Trinajstić information content (AvgIpc) is 2.48. The van der Waals surface area contributed by atoms with Gasteiger partial charge in [0.1, 0.15) is 0 Å². The van der Waals surface area contributed by atoms with Crippen molar-refractivity contribution in [2.75, 3.05) is 5.32 Å². The van der Waals surface area contributed by atoms with E-state index >= 15 is 0 Å². The molecule has 0 unspecified atom stereocenters. The zero-order valence-corrected chi connectivity index (χ0v) is 11.1. The van der Waals surface area contributed by atoms with Gasteiger partial charge in [-0.3, -0.25) is 14.9 Å². The fourth-order valence-electron chi connectivity index (χ4n) is 1.64. The van der Waals surface area contributed by atoms with E-state index in [9.17, 15) is 14.9 Å². The topological polar surface area (TPSA) is 72.2 Å². The first-order chi connectivity index (χ1) is 9.60. The molecular formula is C14H11ClN2O3. The summed E-state index contributed by atoms with van der Waals surface area (Å²) < 4.78 is 0. The van der Waals surface area contributed by atoms with E-state index in [1.807, 2.05) is 0 Å². The standard InChI is InChI=1S/C14H11ClN2O3/c15-9-10-4-6-12(7-5-10)16-14(18)11-2-1-3-13(8-11)17(19)20/h1-8H,9H2,(H,16,18). The first-order valence-electron chi connectivity index (χ1n) is 5.81. The predicted octanol–water partition coefficient (Wildman–Crippen LogP) is 3.59. The van der Waals surface area contributed by atoms with Crippen molar-refractivity contribution in [2.24, 2.45) is 0 Å². The second-order valence-corrected chi connectivity index (χ2v) is 4.36. The van der Waals surface area contributed by atoms with Gasteiger partial charge in [-0.1, -0.05) is 18.2 Å². The summed E-state index contributed by atoms with van der Waals surface area (Å²) in [5, 5.41) is 13.3. The van der Waals surface area contributed by atoms with E-state index in [2.05, 4.69) is 5.32 Å². The minimum atomic E-state index is -0.536. The Morgan fingerprint density at radius 3 is 2.50 bits per heavy atom. The lowest BCUT2D eigenvalue weighted by molar-refractivity contribution is -0.384. The SMILES string of the molecule is O=C(Nc1ccc(CCl)cc1)c1cccc([N+](=O)[O-])c1. The quantitative estimate of drug-likeness (QED) is 0.531. The molecule has 0 aliphatic carbocycles. The van der Waals surface area contributed by atoms with E-state index in [4.69, 9.17) is 11.6 Å². The zero-order chi connectivity index (χ0) is 14.5. The van der Waals surface area contributed by atoms with E-state index < -0.39 is 10.8 Å². The summed E-state index contributed by atoms with van der Waals surface area (Å²) in [4.78, 5) is 22.1. The van der Waals surface area contributed by atoms with Gasteiger partial charge in [0.15, 0.2) is 0 Å². The molecule has 1 N–H and O–H groups in total. The molecule has 0 atom stereocenters. The Balaban J connectivity index is 2.14. The van der Waals surface area contributed by atoms with Gasteiger partial charge in [-0.25, -0.2) is 0 Å². The van der Waals surface area contributed by atoms with Crippen LogP contribution in [0.25, 0.3) is 0 Å². The highest BCUT2D eigenvalue weighted by Gasteiger charge is 2.11. The molecule has 6 heteroatoms. The van der Waals surface area contributed by atoms with E-state index in [0.29, 0.717) is 11.6 Å². The lowest BCUT2D eigenvalue weighted by Gasteiger charge is -2.05. The maximum absolute atomic E-state index is 12.0. The summed E-state index contributed by atoms with van der Waals surface area (Å²) in [6, 6.07) is 12.6. The first kappa shape index (κ1) is 14.0. The first-order valence-corrected chi connectivity index (χ1v) is 6.34. The third-order valence-electron chi connectivity index (χ3n) is 2.69. The van der Waals surface area contributed by atoms with Crippen molar-refractivity contribution < 1.29 is 9.72 Å². The summed E-state index contributed by atoms with van der Waals surface area (Å²) in [7, 11) is 0. The number of rotatable bonds is 4. The summed E-state index contributed by atoms with van der Waals surface area (Å²) in [5.74, 6) is 0.00589. The molecule has 0 radical (unpaired) electrons. The monoisotopic (exact) mass is 290 g/mol. The number of hydrogen-bond acceptors (Lipinski definition) is 3. The molecule has 0 saturated carbocycles. The Labute approximate surface area is 120 Å². The van der Waals surface area contributed by atoms with E-state index in [1.54, 1.807) is 24.3 Å². The average molecular weight is 291 g/mol. The van der Waals surface area contributed by atoms with E-state index in [0.717, 1.165) is 5.56 Å². The number of carbonyl (C=O) groups excluding carboxylic acids is 1. The number of nitro benzene ring substituents is 1. The molecule has 0 aliphatic rings. The second kappa shape index (κ2) is 6.16. The molecule has 0 saturated heterocycles. The van der Waals surface area contributed by atoms with E-state index in [1.165, 1.54) is 24.3 Å². The molecular weight excluding hydrogens is 280 g/mol. The largest absolute Gasteiger partial charge is 0.322 e. The number of hydrogen-bond donors (Lipinski definition) is 1. The number of halogens is 1. The molecule has 0 fully saturated rings. The van der Waals surface area contributed by atoms with Crippen molar-refractivity contribution in [1.82, 2.24) is 0 Å². The van der Waals surface area contributed by atoms with Crippen molar-refractivity contribution >= 4 is 28.9 Å². The summed E-state index contributed by atoms with van der Waals surface area (Å²) in [6.07, 6.45) is 0. The van der Waals surface area contributed by atoms with Gasteiger partial charge in [0, 0.05) is 29.3 Å². The van der Waals surface area contributed by atoms with Crippen molar-refractivity contribution in [1.29, 1.82) is 0 Å². The number of benzene rings is 2. The van der Waals surface area contributed by atoms with Crippen LogP contribution in [0.4, 0.5) is 11.4 Å². The van der Waals surface area contributed by atoms with Gasteiger partial charge in [0.25, 0.3) is 11.6 Å². The molecule has 20 heavy (non-hydrogen) atoms. The van der Waals surface area contributed by atoms with Crippen molar-refractivity contribution in [3.63, 3.8) is 0 Å². The molecule has 102 valence electrons. The Bertz CT molecular complexity index is 641. The lowest BCUT2D eigenvalue weighted by atomic mass is 10.1.